The number of ether oxygens (including phenoxy) is 1. The van der Waals surface area contributed by atoms with Crippen molar-refractivity contribution in [1.29, 1.82) is 0 Å². The lowest BCUT2D eigenvalue weighted by molar-refractivity contribution is -0.139. The molecule has 0 bridgehead atoms. The molecule has 3 aliphatic rings. The number of morpholine rings is 1. The zero-order valence-corrected chi connectivity index (χ0v) is 17.1. The van der Waals surface area contributed by atoms with Crippen LogP contribution in [0.1, 0.15) is 35.0 Å². The highest BCUT2D eigenvalue weighted by atomic mass is 16.5. The Balaban J connectivity index is 1.35. The predicted molar refractivity (Wildman–Crippen MR) is 108 cm³/mol. The van der Waals surface area contributed by atoms with Gasteiger partial charge in [0.25, 0.3) is 0 Å². The molecule has 2 fully saturated rings. The largest absolute Gasteiger partial charge is 0.378 e. The maximum Gasteiger partial charge on any atom is 0.227 e. The molecule has 0 spiro atoms. The van der Waals surface area contributed by atoms with Crippen LogP contribution in [0.2, 0.25) is 0 Å². The maximum absolute atomic E-state index is 13.3. The molecule has 29 heavy (non-hydrogen) atoms. The molecular formula is C22H29N5O2. The highest BCUT2D eigenvalue weighted by molar-refractivity contribution is 5.80. The van der Waals surface area contributed by atoms with E-state index in [9.17, 15) is 4.79 Å². The van der Waals surface area contributed by atoms with Gasteiger partial charge in [0.15, 0.2) is 0 Å². The smallest absolute Gasteiger partial charge is 0.227 e. The van der Waals surface area contributed by atoms with Gasteiger partial charge in [-0.3, -0.25) is 14.7 Å². The maximum atomic E-state index is 13.3. The molecule has 7 heteroatoms. The summed E-state index contributed by atoms with van der Waals surface area (Å²) in [5.41, 5.74) is 4.80. The van der Waals surface area contributed by atoms with Gasteiger partial charge in [-0.1, -0.05) is 6.07 Å². The van der Waals surface area contributed by atoms with E-state index in [1.54, 1.807) is 0 Å². The van der Waals surface area contributed by atoms with Crippen LogP contribution in [-0.2, 0) is 36.0 Å². The molecule has 154 valence electrons. The zero-order valence-electron chi connectivity index (χ0n) is 17.1. The van der Waals surface area contributed by atoms with Gasteiger partial charge in [-0.2, -0.15) is 0 Å². The number of carbonyl (C=O) groups is 1. The van der Waals surface area contributed by atoms with E-state index in [1.165, 1.54) is 17.7 Å². The molecule has 0 unspecified atom stereocenters. The van der Waals surface area contributed by atoms with Crippen molar-refractivity contribution >= 4 is 5.91 Å². The molecule has 2 atom stereocenters. The Hall–Kier alpha value is -2.25. The summed E-state index contributed by atoms with van der Waals surface area (Å²) in [6, 6.07) is 4.41. The molecule has 2 saturated heterocycles. The van der Waals surface area contributed by atoms with E-state index >= 15 is 0 Å². The van der Waals surface area contributed by atoms with Gasteiger partial charge in [-0.25, -0.2) is 4.98 Å². The molecule has 1 amide bonds. The van der Waals surface area contributed by atoms with Crippen LogP contribution < -0.4 is 0 Å². The molecule has 0 saturated carbocycles. The molecule has 4 heterocycles. The Morgan fingerprint density at radius 2 is 2.07 bits per heavy atom. The number of amides is 1. The molecule has 2 aromatic rings. The topological polar surface area (TPSA) is 63.5 Å². The Morgan fingerprint density at radius 3 is 2.86 bits per heavy atom. The normalized spacial score (nSPS) is 24.8. The number of aromatic nitrogens is 3. The van der Waals surface area contributed by atoms with E-state index in [-0.39, 0.29) is 17.7 Å². The number of hydrogen-bond donors (Lipinski definition) is 0. The van der Waals surface area contributed by atoms with E-state index in [2.05, 4.69) is 28.2 Å². The van der Waals surface area contributed by atoms with Gasteiger partial charge in [0.1, 0.15) is 0 Å². The third-order valence-corrected chi connectivity index (χ3v) is 6.51. The average Bonchev–Trinajstić information content (AvgIpc) is 3.47. The van der Waals surface area contributed by atoms with Crippen molar-refractivity contribution in [2.24, 2.45) is 13.0 Å². The fourth-order valence-electron chi connectivity index (χ4n) is 4.99. The summed E-state index contributed by atoms with van der Waals surface area (Å²) < 4.78 is 7.40. The number of rotatable bonds is 4. The van der Waals surface area contributed by atoms with Gasteiger partial charge in [-0.05, 0) is 30.9 Å². The van der Waals surface area contributed by atoms with Crippen molar-refractivity contribution in [3.63, 3.8) is 0 Å². The Bertz CT molecular complexity index is 889. The second-order valence-corrected chi connectivity index (χ2v) is 8.57. The van der Waals surface area contributed by atoms with Crippen molar-refractivity contribution in [3.8, 4) is 0 Å². The summed E-state index contributed by atoms with van der Waals surface area (Å²) in [6.07, 6.45) is 7.35. The summed E-state index contributed by atoms with van der Waals surface area (Å²) in [6.45, 7) is 5.05. The first-order chi connectivity index (χ1) is 14.2. The molecule has 5 rings (SSSR count). The SMILES string of the molecule is Cn1cnc([C@@H]2CN(Cc3ccc4c(n3)CCC4)C[C@H]2C(=O)N2CCOCC2)c1. The third kappa shape index (κ3) is 3.81. The number of fused-ring (bicyclic) bond motifs is 1. The van der Waals surface area contributed by atoms with Crippen LogP contribution in [0.3, 0.4) is 0 Å². The quantitative estimate of drug-likeness (QED) is 0.783. The molecule has 2 aliphatic heterocycles. The third-order valence-electron chi connectivity index (χ3n) is 6.51. The number of aryl methyl sites for hydroxylation is 3. The molecular weight excluding hydrogens is 366 g/mol. The summed E-state index contributed by atoms with van der Waals surface area (Å²) in [4.78, 5) is 27.2. The van der Waals surface area contributed by atoms with E-state index in [0.717, 1.165) is 43.9 Å². The molecule has 2 aromatic heterocycles. The van der Waals surface area contributed by atoms with Gasteiger partial charge < -0.3 is 14.2 Å². The number of nitrogens with zero attached hydrogens (tertiary/aromatic N) is 5. The molecule has 0 N–H and O–H groups in total. The fraction of sp³-hybridized carbons (Fsp3) is 0.591. The van der Waals surface area contributed by atoms with Gasteiger partial charge in [0, 0.05) is 57.6 Å². The molecule has 1 aliphatic carbocycles. The first-order valence-electron chi connectivity index (χ1n) is 10.7. The van der Waals surface area contributed by atoms with E-state index in [4.69, 9.17) is 9.72 Å². The summed E-state index contributed by atoms with van der Waals surface area (Å²) in [5, 5.41) is 0. The lowest BCUT2D eigenvalue weighted by atomic mass is 9.92. The zero-order chi connectivity index (χ0) is 19.8. The van der Waals surface area contributed by atoms with Crippen molar-refractivity contribution in [3.05, 3.63) is 47.3 Å². The second kappa shape index (κ2) is 7.88. The molecule has 0 aromatic carbocycles. The van der Waals surface area contributed by atoms with Gasteiger partial charge in [0.2, 0.25) is 5.91 Å². The number of likely N-dealkylation sites (tertiary alicyclic amines) is 1. The Kier molecular flexibility index (Phi) is 5.09. The Labute approximate surface area is 171 Å². The molecule has 0 radical (unpaired) electrons. The average molecular weight is 396 g/mol. The van der Waals surface area contributed by atoms with Gasteiger partial charge >= 0.3 is 0 Å². The van der Waals surface area contributed by atoms with Crippen molar-refractivity contribution < 1.29 is 9.53 Å². The van der Waals surface area contributed by atoms with Crippen LogP contribution in [0.15, 0.2) is 24.7 Å². The lowest BCUT2D eigenvalue weighted by Gasteiger charge is -2.30. The molecule has 7 nitrogen and oxygen atoms in total. The van der Waals surface area contributed by atoms with Crippen molar-refractivity contribution in [1.82, 2.24) is 24.3 Å². The van der Waals surface area contributed by atoms with Crippen molar-refractivity contribution in [2.75, 3.05) is 39.4 Å². The van der Waals surface area contributed by atoms with Gasteiger partial charge in [0.05, 0.1) is 36.8 Å². The van der Waals surface area contributed by atoms with Crippen LogP contribution in [0, 0.1) is 5.92 Å². The van der Waals surface area contributed by atoms with Crippen LogP contribution in [0.4, 0.5) is 0 Å². The highest BCUT2D eigenvalue weighted by Crippen LogP contribution is 2.34. The highest BCUT2D eigenvalue weighted by Gasteiger charge is 2.41. The summed E-state index contributed by atoms with van der Waals surface area (Å²) in [5.74, 6) is 0.312. The van der Waals surface area contributed by atoms with E-state index in [1.807, 2.05) is 22.8 Å². The van der Waals surface area contributed by atoms with Gasteiger partial charge in [-0.15, -0.1) is 0 Å². The Morgan fingerprint density at radius 1 is 1.21 bits per heavy atom. The second-order valence-electron chi connectivity index (χ2n) is 8.57. The summed E-state index contributed by atoms with van der Waals surface area (Å²) in [7, 11) is 1.98. The fourth-order valence-corrected chi connectivity index (χ4v) is 4.99. The van der Waals surface area contributed by atoms with Crippen LogP contribution >= 0.6 is 0 Å². The first-order valence-corrected chi connectivity index (χ1v) is 10.7. The van der Waals surface area contributed by atoms with E-state index < -0.39 is 0 Å². The van der Waals surface area contributed by atoms with Crippen LogP contribution in [0.5, 0.6) is 0 Å². The first kappa shape index (κ1) is 18.8. The lowest BCUT2D eigenvalue weighted by Crippen LogP contribution is -2.45. The number of hydrogen-bond acceptors (Lipinski definition) is 5. The number of carbonyl (C=O) groups excluding carboxylic acids is 1. The predicted octanol–water partition coefficient (Wildman–Crippen LogP) is 1.38. The van der Waals surface area contributed by atoms with E-state index in [0.29, 0.717) is 26.3 Å². The number of pyridine rings is 1. The monoisotopic (exact) mass is 395 g/mol. The number of imidazole rings is 1. The van der Waals surface area contributed by atoms with Crippen LogP contribution in [0.25, 0.3) is 0 Å². The summed E-state index contributed by atoms with van der Waals surface area (Å²) >= 11 is 0. The van der Waals surface area contributed by atoms with Crippen LogP contribution in [-0.4, -0.2) is 69.6 Å². The van der Waals surface area contributed by atoms with Crippen molar-refractivity contribution in [2.45, 2.75) is 31.7 Å². The minimum Gasteiger partial charge on any atom is -0.378 e. The minimum atomic E-state index is -0.0579. The standard InChI is InChI=1S/C22H29N5O2/c1-25-14-21(23-15-25)18-12-26(11-17-6-5-16-3-2-4-20(16)24-17)13-19(18)22(28)27-7-9-29-10-8-27/h5-6,14-15,18-19H,2-4,7-13H2,1H3/t18-,19-/m1/s1. The minimum absolute atomic E-state index is 0.0579.